The van der Waals surface area contributed by atoms with Crippen LogP contribution in [0.3, 0.4) is 0 Å². The van der Waals surface area contributed by atoms with Crippen molar-refractivity contribution in [3.05, 3.63) is 0 Å². The third-order valence-electron chi connectivity index (χ3n) is 0.340. The van der Waals surface area contributed by atoms with Crippen LogP contribution in [0.5, 0.6) is 0 Å². The van der Waals surface area contributed by atoms with Crippen molar-refractivity contribution in [3.8, 4) is 0 Å². The first-order valence-corrected chi connectivity index (χ1v) is 2.43. The molecule has 0 radical (unpaired) electrons. The summed E-state index contributed by atoms with van der Waals surface area (Å²) < 4.78 is 0. The van der Waals surface area contributed by atoms with Gasteiger partial charge >= 0.3 is 43.7 Å². The Bertz CT molecular complexity index is 70.8. The summed E-state index contributed by atoms with van der Waals surface area (Å²) in [5.41, 5.74) is 0. The van der Waals surface area contributed by atoms with Gasteiger partial charge in [0.15, 0.2) is 0 Å². The smallest absolute Gasteiger partial charge is 1.00 e. The van der Waals surface area contributed by atoms with Crippen LogP contribution in [0.4, 0.5) is 0 Å². The third kappa shape index (κ3) is 7.21. The second-order valence-electron chi connectivity index (χ2n) is 0.954. The monoisotopic (exact) mass is 194 g/mol. The number of carboxylic acids is 1. The second-order valence-corrected chi connectivity index (χ2v) is 2.33. The summed E-state index contributed by atoms with van der Waals surface area (Å²) in [6.07, 6.45) is 0. The normalized spacial score (nSPS) is 11.7. The molecule has 0 aromatic heterocycles. The summed E-state index contributed by atoms with van der Waals surface area (Å²) in [6.45, 7) is 1.56. The Hall–Kier alpha value is 1.21. The quantitative estimate of drug-likeness (QED) is 0.494. The summed E-state index contributed by atoms with van der Waals surface area (Å²) in [6, 6.07) is 0. The van der Waals surface area contributed by atoms with Crippen molar-refractivity contribution in [2.75, 3.05) is 0 Å². The number of hydrogen-bond donors (Lipinski definition) is 1. The van der Waals surface area contributed by atoms with Crippen LogP contribution in [0.1, 0.15) is 9.78 Å². The molecule has 7 heavy (non-hydrogen) atoms. The van der Waals surface area contributed by atoms with E-state index in [0.29, 0.717) is 0 Å². The van der Waals surface area contributed by atoms with E-state index in [4.69, 9.17) is 5.11 Å². The van der Waals surface area contributed by atoms with Gasteiger partial charge in [0.1, 0.15) is 4.83 Å². The van der Waals surface area contributed by atoms with Crippen LogP contribution in [0, 0.1) is 0 Å². The Kier molecular flexibility index (Phi) is 8.46. The molecule has 1 atom stereocenters. The van der Waals surface area contributed by atoms with Crippen LogP contribution in [-0.4, -0.2) is 53.6 Å². The van der Waals surface area contributed by atoms with Crippen molar-refractivity contribution in [2.45, 2.75) is 11.8 Å². The van der Waals surface area contributed by atoms with E-state index in [-0.39, 0.29) is 40.6 Å². The number of halogens is 1. The van der Waals surface area contributed by atoms with E-state index in [0.717, 1.165) is 0 Å². The molecule has 0 aliphatic heterocycles. The van der Waals surface area contributed by atoms with Crippen LogP contribution in [0.15, 0.2) is 0 Å². The molecule has 0 spiro atoms. The van der Waals surface area contributed by atoms with Crippen LogP contribution < -0.4 is 0 Å². The summed E-state index contributed by atoms with van der Waals surface area (Å²) in [5, 5.41) is 7.94. The Balaban J connectivity index is -0.0000000417. The molecule has 0 rings (SSSR count). The molecular formula is C3H7BrCaO2. The summed E-state index contributed by atoms with van der Waals surface area (Å²) >= 11 is 2.84. The van der Waals surface area contributed by atoms with Crippen molar-refractivity contribution in [1.82, 2.24) is 0 Å². The van der Waals surface area contributed by atoms with Crippen LogP contribution in [0.25, 0.3) is 0 Å². The van der Waals surface area contributed by atoms with E-state index < -0.39 is 10.8 Å². The number of hydrogen-bond acceptors (Lipinski definition) is 1. The van der Waals surface area contributed by atoms with Gasteiger partial charge in [-0.2, -0.15) is 0 Å². The van der Waals surface area contributed by atoms with Gasteiger partial charge in [-0.15, -0.1) is 0 Å². The SMILES string of the molecule is CC(Br)C(=O)O.[Ca+2].[H-].[H-]. The maximum absolute atomic E-state index is 9.65. The number of carboxylic acid groups (broad SMARTS) is 1. The molecule has 0 fully saturated rings. The van der Waals surface area contributed by atoms with Gasteiger partial charge in [0.05, 0.1) is 0 Å². The van der Waals surface area contributed by atoms with E-state index in [9.17, 15) is 4.79 Å². The molecule has 0 aliphatic rings. The van der Waals surface area contributed by atoms with Gasteiger partial charge in [-0.25, -0.2) is 0 Å². The number of rotatable bonds is 1. The molecule has 1 N–H and O–H groups in total. The van der Waals surface area contributed by atoms with E-state index in [1.165, 1.54) is 0 Å². The molecular weight excluding hydrogens is 188 g/mol. The predicted molar refractivity (Wildman–Crippen MR) is 34.0 cm³/mol. The fourth-order valence-corrected chi connectivity index (χ4v) is 0. The Labute approximate surface area is 83.4 Å². The van der Waals surface area contributed by atoms with Crippen LogP contribution in [0.2, 0.25) is 0 Å². The fraction of sp³-hybridized carbons (Fsp3) is 0.667. The maximum atomic E-state index is 9.65. The summed E-state index contributed by atoms with van der Waals surface area (Å²) in [7, 11) is 0. The summed E-state index contributed by atoms with van der Waals surface area (Å²) in [5.74, 6) is -0.824. The second kappa shape index (κ2) is 5.35. The Morgan fingerprint density at radius 2 is 2.14 bits per heavy atom. The van der Waals surface area contributed by atoms with Gasteiger partial charge in [0.25, 0.3) is 0 Å². The van der Waals surface area contributed by atoms with Gasteiger partial charge in [0, 0.05) is 0 Å². The predicted octanol–water partition coefficient (Wildman–Crippen LogP) is 0.699. The molecule has 0 heterocycles. The molecule has 0 aliphatic carbocycles. The van der Waals surface area contributed by atoms with Crippen LogP contribution in [-0.2, 0) is 4.79 Å². The molecule has 40 valence electrons. The molecule has 0 saturated heterocycles. The third-order valence-corrected chi connectivity index (χ3v) is 0.732. The van der Waals surface area contributed by atoms with Gasteiger partial charge in [0.2, 0.25) is 0 Å². The zero-order valence-electron chi connectivity index (χ0n) is 6.02. The van der Waals surface area contributed by atoms with Crippen LogP contribution >= 0.6 is 15.9 Å². The molecule has 0 amide bonds. The Morgan fingerprint density at radius 1 is 2.00 bits per heavy atom. The molecule has 0 aromatic carbocycles. The first-order valence-electron chi connectivity index (χ1n) is 1.51. The van der Waals surface area contributed by atoms with Gasteiger partial charge < -0.3 is 7.96 Å². The minimum Gasteiger partial charge on any atom is -1.00 e. The minimum atomic E-state index is -0.824. The fourth-order valence-electron chi connectivity index (χ4n) is 0. The molecule has 0 aromatic rings. The molecule has 4 heteroatoms. The minimum absolute atomic E-state index is 0. The maximum Gasteiger partial charge on any atom is 2.00 e. The topological polar surface area (TPSA) is 37.3 Å². The molecule has 2 nitrogen and oxygen atoms in total. The van der Waals surface area contributed by atoms with Crippen molar-refractivity contribution in [2.24, 2.45) is 0 Å². The summed E-state index contributed by atoms with van der Waals surface area (Å²) in [4.78, 5) is 9.23. The van der Waals surface area contributed by atoms with E-state index >= 15 is 0 Å². The number of carbonyl (C=O) groups is 1. The average Bonchev–Trinajstić information content (AvgIpc) is 1.36. The zero-order chi connectivity index (χ0) is 5.15. The zero-order valence-corrected chi connectivity index (χ0v) is 7.81. The number of alkyl halides is 1. The first kappa shape index (κ1) is 11.1. The van der Waals surface area contributed by atoms with E-state index in [2.05, 4.69) is 15.9 Å². The van der Waals surface area contributed by atoms with Gasteiger partial charge in [-0.05, 0) is 6.92 Å². The Morgan fingerprint density at radius 3 is 2.14 bits per heavy atom. The average molecular weight is 195 g/mol. The van der Waals surface area contributed by atoms with E-state index in [1.54, 1.807) is 6.92 Å². The van der Waals surface area contributed by atoms with Crippen molar-refractivity contribution < 1.29 is 12.8 Å². The standard InChI is InChI=1S/C3H5BrO2.Ca.2H/c1-2(4)3(5)6;;;/h2H,1H3,(H,5,6);;;/q;+2;2*-1. The largest absolute Gasteiger partial charge is 2.00 e. The van der Waals surface area contributed by atoms with Crippen molar-refractivity contribution >= 4 is 59.6 Å². The molecule has 0 saturated carbocycles. The van der Waals surface area contributed by atoms with Crippen molar-refractivity contribution in [1.29, 1.82) is 0 Å². The van der Waals surface area contributed by atoms with Gasteiger partial charge in [-0.1, -0.05) is 15.9 Å². The molecule has 0 bridgehead atoms. The van der Waals surface area contributed by atoms with E-state index in [1.807, 2.05) is 0 Å². The first-order chi connectivity index (χ1) is 2.64. The number of aliphatic carboxylic acids is 1. The van der Waals surface area contributed by atoms with Gasteiger partial charge in [-0.3, -0.25) is 4.79 Å². The molecule has 1 unspecified atom stereocenters. The van der Waals surface area contributed by atoms with Crippen molar-refractivity contribution in [3.63, 3.8) is 0 Å².